The average molecular weight is 356 g/mol. The van der Waals surface area contributed by atoms with Crippen molar-refractivity contribution >= 4 is 27.3 Å². The van der Waals surface area contributed by atoms with Crippen LogP contribution in [0.4, 0.5) is 0 Å². The maximum absolute atomic E-state index is 3.89. The molecule has 0 radical (unpaired) electrons. The van der Waals surface area contributed by atoms with Crippen molar-refractivity contribution in [1.29, 1.82) is 0 Å². The van der Waals surface area contributed by atoms with Gasteiger partial charge in [0.2, 0.25) is 0 Å². The van der Waals surface area contributed by atoms with Gasteiger partial charge in [-0.2, -0.15) is 0 Å². The predicted octanol–water partition coefficient (Wildman–Crippen LogP) is 5.74. The zero-order valence-electron chi connectivity index (χ0n) is 12.2. The third kappa shape index (κ3) is 3.86. The Kier molecular flexibility index (Phi) is 5.58. The number of nitrogens with one attached hydrogen (secondary N) is 1. The van der Waals surface area contributed by atoms with E-state index in [2.05, 4.69) is 32.7 Å². The maximum Gasteiger partial charge on any atom is 0.0302 e. The summed E-state index contributed by atoms with van der Waals surface area (Å²) >= 11 is 5.42. The van der Waals surface area contributed by atoms with Crippen LogP contribution in [0, 0.1) is 11.8 Å². The number of halogens is 1. The Hall–Kier alpha value is 0.140. The van der Waals surface area contributed by atoms with E-state index in [0.717, 1.165) is 24.4 Å². The van der Waals surface area contributed by atoms with Gasteiger partial charge in [0.25, 0.3) is 0 Å². The standard InChI is InChI=1S/C17H26BrNS/c18-14-10-15(20-12-14)11-19-17-9-5-4-8-16(17)13-6-2-1-3-7-13/h10,12-13,16-17,19H,1-9,11H2. The van der Waals surface area contributed by atoms with E-state index in [0.29, 0.717) is 0 Å². The van der Waals surface area contributed by atoms with Gasteiger partial charge in [-0.1, -0.05) is 44.9 Å². The number of thiophene rings is 1. The third-order valence-corrected chi connectivity index (χ3v) is 6.93. The molecule has 2 saturated carbocycles. The van der Waals surface area contributed by atoms with Crippen molar-refractivity contribution in [2.45, 2.75) is 70.4 Å². The van der Waals surface area contributed by atoms with Gasteiger partial charge < -0.3 is 5.32 Å². The zero-order chi connectivity index (χ0) is 13.8. The molecule has 0 aromatic carbocycles. The smallest absolute Gasteiger partial charge is 0.0302 e. The second-order valence-electron chi connectivity index (χ2n) is 6.57. The molecular weight excluding hydrogens is 330 g/mol. The molecule has 112 valence electrons. The highest BCUT2D eigenvalue weighted by molar-refractivity contribution is 9.10. The molecule has 0 saturated heterocycles. The molecule has 0 spiro atoms. The Morgan fingerprint density at radius 3 is 2.55 bits per heavy atom. The molecule has 0 aliphatic heterocycles. The van der Waals surface area contributed by atoms with Gasteiger partial charge in [0.1, 0.15) is 0 Å². The van der Waals surface area contributed by atoms with Crippen molar-refractivity contribution in [2.75, 3.05) is 0 Å². The molecule has 0 amide bonds. The molecular formula is C17H26BrNS. The summed E-state index contributed by atoms with van der Waals surface area (Å²) in [5.41, 5.74) is 0. The summed E-state index contributed by atoms with van der Waals surface area (Å²) in [5.74, 6) is 1.96. The van der Waals surface area contributed by atoms with Gasteiger partial charge in [-0.15, -0.1) is 11.3 Å². The summed E-state index contributed by atoms with van der Waals surface area (Å²) in [5, 5.41) is 6.08. The summed E-state index contributed by atoms with van der Waals surface area (Å²) in [6.07, 6.45) is 13.2. The van der Waals surface area contributed by atoms with Crippen molar-refractivity contribution in [1.82, 2.24) is 5.32 Å². The number of hydrogen-bond acceptors (Lipinski definition) is 2. The zero-order valence-corrected chi connectivity index (χ0v) is 14.6. The van der Waals surface area contributed by atoms with Crippen LogP contribution in [0.2, 0.25) is 0 Å². The molecule has 2 unspecified atom stereocenters. The summed E-state index contributed by atoms with van der Waals surface area (Å²) in [6, 6.07) is 3.03. The molecule has 1 heterocycles. The topological polar surface area (TPSA) is 12.0 Å². The third-order valence-electron chi connectivity index (χ3n) is 5.23. The summed E-state index contributed by atoms with van der Waals surface area (Å²) in [6.45, 7) is 1.06. The average Bonchev–Trinajstić information content (AvgIpc) is 2.92. The lowest BCUT2D eigenvalue weighted by Crippen LogP contribution is -2.42. The van der Waals surface area contributed by atoms with E-state index in [-0.39, 0.29) is 0 Å². The Labute approximate surface area is 135 Å². The highest BCUT2D eigenvalue weighted by Crippen LogP contribution is 2.38. The fraction of sp³-hybridized carbons (Fsp3) is 0.765. The van der Waals surface area contributed by atoms with Crippen LogP contribution in [-0.4, -0.2) is 6.04 Å². The van der Waals surface area contributed by atoms with Crippen LogP contribution in [0.5, 0.6) is 0 Å². The normalized spacial score (nSPS) is 28.6. The van der Waals surface area contributed by atoms with E-state index in [1.54, 1.807) is 0 Å². The number of rotatable bonds is 4. The van der Waals surface area contributed by atoms with Crippen LogP contribution < -0.4 is 5.32 Å². The lowest BCUT2D eigenvalue weighted by atomic mass is 9.71. The summed E-state index contributed by atoms with van der Waals surface area (Å²) in [4.78, 5) is 1.46. The Morgan fingerprint density at radius 2 is 1.80 bits per heavy atom. The van der Waals surface area contributed by atoms with E-state index >= 15 is 0 Å². The highest BCUT2D eigenvalue weighted by atomic mass is 79.9. The molecule has 1 N–H and O–H groups in total. The quantitative estimate of drug-likeness (QED) is 0.725. The van der Waals surface area contributed by atoms with Crippen molar-refractivity contribution in [2.24, 2.45) is 11.8 Å². The molecule has 2 aliphatic carbocycles. The minimum Gasteiger partial charge on any atom is -0.309 e. The molecule has 0 bridgehead atoms. The van der Waals surface area contributed by atoms with Crippen molar-refractivity contribution in [3.63, 3.8) is 0 Å². The fourth-order valence-electron chi connectivity index (χ4n) is 4.22. The van der Waals surface area contributed by atoms with Crippen molar-refractivity contribution in [3.8, 4) is 0 Å². The first-order valence-corrected chi connectivity index (χ1v) is 9.96. The maximum atomic E-state index is 3.89. The van der Waals surface area contributed by atoms with Crippen LogP contribution in [0.15, 0.2) is 15.9 Å². The van der Waals surface area contributed by atoms with Crippen LogP contribution in [-0.2, 0) is 6.54 Å². The lowest BCUT2D eigenvalue weighted by Gasteiger charge is -2.39. The molecule has 1 aromatic rings. The second kappa shape index (κ2) is 7.42. The molecule has 2 fully saturated rings. The van der Waals surface area contributed by atoms with Crippen LogP contribution in [0.3, 0.4) is 0 Å². The first-order chi connectivity index (χ1) is 9.83. The number of hydrogen-bond donors (Lipinski definition) is 1. The van der Waals surface area contributed by atoms with Crippen LogP contribution in [0.1, 0.15) is 62.7 Å². The largest absolute Gasteiger partial charge is 0.309 e. The second-order valence-corrected chi connectivity index (χ2v) is 8.48. The summed E-state index contributed by atoms with van der Waals surface area (Å²) < 4.78 is 1.23. The van der Waals surface area contributed by atoms with Crippen LogP contribution in [0.25, 0.3) is 0 Å². The Bertz CT molecular complexity index is 411. The lowest BCUT2D eigenvalue weighted by molar-refractivity contribution is 0.149. The summed E-state index contributed by atoms with van der Waals surface area (Å²) in [7, 11) is 0. The molecule has 1 nitrogen and oxygen atoms in total. The van der Waals surface area contributed by atoms with E-state index in [9.17, 15) is 0 Å². The molecule has 3 heteroatoms. The minimum absolute atomic E-state index is 0.771. The first kappa shape index (κ1) is 15.1. The monoisotopic (exact) mass is 355 g/mol. The Balaban J connectivity index is 1.57. The molecule has 2 atom stereocenters. The predicted molar refractivity (Wildman–Crippen MR) is 91.2 cm³/mol. The molecule has 3 rings (SSSR count). The molecule has 2 aliphatic rings. The van der Waals surface area contributed by atoms with E-state index in [1.807, 2.05) is 11.3 Å². The van der Waals surface area contributed by atoms with Crippen molar-refractivity contribution < 1.29 is 0 Å². The van der Waals surface area contributed by atoms with Crippen molar-refractivity contribution in [3.05, 3.63) is 20.8 Å². The van der Waals surface area contributed by atoms with Gasteiger partial charge in [-0.25, -0.2) is 0 Å². The van der Waals surface area contributed by atoms with Gasteiger partial charge in [0, 0.05) is 27.3 Å². The van der Waals surface area contributed by atoms with Gasteiger partial charge in [-0.3, -0.25) is 0 Å². The van der Waals surface area contributed by atoms with Gasteiger partial charge in [0.05, 0.1) is 0 Å². The van der Waals surface area contributed by atoms with E-state index in [1.165, 1.54) is 67.1 Å². The van der Waals surface area contributed by atoms with Gasteiger partial charge >= 0.3 is 0 Å². The molecule has 20 heavy (non-hydrogen) atoms. The fourth-order valence-corrected chi connectivity index (χ4v) is 5.62. The Morgan fingerprint density at radius 1 is 1.05 bits per heavy atom. The van der Waals surface area contributed by atoms with Gasteiger partial charge in [-0.05, 0) is 46.7 Å². The van der Waals surface area contributed by atoms with Gasteiger partial charge in [0.15, 0.2) is 0 Å². The minimum atomic E-state index is 0.771. The SMILES string of the molecule is Brc1csc(CNC2CCCCC2C2CCCCC2)c1. The highest BCUT2D eigenvalue weighted by Gasteiger charge is 2.32. The van der Waals surface area contributed by atoms with E-state index < -0.39 is 0 Å². The first-order valence-electron chi connectivity index (χ1n) is 8.29. The van der Waals surface area contributed by atoms with E-state index in [4.69, 9.17) is 0 Å². The molecule has 1 aromatic heterocycles. The van der Waals surface area contributed by atoms with Crippen LogP contribution >= 0.6 is 27.3 Å².